The molecule has 0 spiro atoms. The number of thiophene rings is 1. The molecule has 7 heteroatoms. The number of halogens is 1. The van der Waals surface area contributed by atoms with E-state index in [1.165, 1.54) is 0 Å². The van der Waals surface area contributed by atoms with Gasteiger partial charge < -0.3 is 14.8 Å². The summed E-state index contributed by atoms with van der Waals surface area (Å²) in [4.78, 5) is 13.0. The van der Waals surface area contributed by atoms with Gasteiger partial charge >= 0.3 is 0 Å². The highest BCUT2D eigenvalue weighted by atomic mass is 79.9. The summed E-state index contributed by atoms with van der Waals surface area (Å²) in [7, 11) is 3.22. The fourth-order valence-electron chi connectivity index (χ4n) is 1.91. The largest absolute Gasteiger partial charge is 0.493 e. The second kappa shape index (κ2) is 9.20. The van der Waals surface area contributed by atoms with Crippen LogP contribution in [0.25, 0.3) is 0 Å². The first kappa shape index (κ1) is 18.2. The molecule has 0 saturated carbocycles. The van der Waals surface area contributed by atoms with Crippen molar-refractivity contribution in [1.29, 1.82) is 0 Å². The predicted octanol–water partition coefficient (Wildman–Crippen LogP) is 4.08. The van der Waals surface area contributed by atoms with E-state index >= 15 is 0 Å². The Morgan fingerprint density at radius 3 is 2.70 bits per heavy atom. The molecule has 1 aromatic carbocycles. The highest BCUT2D eigenvalue weighted by molar-refractivity contribution is 9.10. The van der Waals surface area contributed by atoms with Gasteiger partial charge in [0.25, 0.3) is 0 Å². The maximum Gasteiger partial charge on any atom is 0.230 e. The lowest BCUT2D eigenvalue weighted by Gasteiger charge is -2.11. The molecule has 0 saturated heterocycles. The standard InChI is InChI=1S/C16H18BrNO3S2/c1-20-14-6-11(13(17)7-15(14)21-2)9-22-10-16(19)18-8-12-4-3-5-23-12/h3-7H,8-10H2,1-2H3,(H,18,19). The normalized spacial score (nSPS) is 10.4. The van der Waals surface area contributed by atoms with Crippen molar-refractivity contribution < 1.29 is 14.3 Å². The van der Waals surface area contributed by atoms with Gasteiger partial charge in [0.05, 0.1) is 26.5 Å². The maximum absolute atomic E-state index is 11.9. The minimum absolute atomic E-state index is 0.0417. The van der Waals surface area contributed by atoms with Crippen LogP contribution < -0.4 is 14.8 Å². The molecular weight excluding hydrogens is 398 g/mol. The van der Waals surface area contributed by atoms with Crippen molar-refractivity contribution in [3.63, 3.8) is 0 Å². The molecule has 0 aliphatic heterocycles. The Morgan fingerprint density at radius 1 is 1.30 bits per heavy atom. The molecule has 2 aromatic rings. The molecule has 0 fully saturated rings. The molecular formula is C16H18BrNO3S2. The molecule has 23 heavy (non-hydrogen) atoms. The van der Waals surface area contributed by atoms with Crippen LogP contribution in [0, 0.1) is 0 Å². The highest BCUT2D eigenvalue weighted by Gasteiger charge is 2.10. The van der Waals surface area contributed by atoms with Gasteiger partial charge in [-0.3, -0.25) is 4.79 Å². The molecule has 1 amide bonds. The lowest BCUT2D eigenvalue weighted by atomic mass is 10.2. The molecule has 124 valence electrons. The summed E-state index contributed by atoms with van der Waals surface area (Å²) in [6, 6.07) is 7.80. The minimum Gasteiger partial charge on any atom is -0.493 e. The zero-order valence-corrected chi connectivity index (χ0v) is 16.1. The van der Waals surface area contributed by atoms with E-state index in [2.05, 4.69) is 21.2 Å². The first-order valence-electron chi connectivity index (χ1n) is 6.91. The van der Waals surface area contributed by atoms with Crippen LogP contribution in [-0.4, -0.2) is 25.9 Å². The maximum atomic E-state index is 11.9. The summed E-state index contributed by atoms with van der Waals surface area (Å²) in [5.41, 5.74) is 1.07. The molecule has 1 N–H and O–H groups in total. The number of carbonyl (C=O) groups is 1. The molecule has 4 nitrogen and oxygen atoms in total. The number of benzene rings is 1. The van der Waals surface area contributed by atoms with E-state index in [1.54, 1.807) is 37.3 Å². The minimum atomic E-state index is 0.0417. The van der Waals surface area contributed by atoms with E-state index in [9.17, 15) is 4.79 Å². The number of methoxy groups -OCH3 is 2. The van der Waals surface area contributed by atoms with Crippen LogP contribution in [0.4, 0.5) is 0 Å². The van der Waals surface area contributed by atoms with Crippen molar-refractivity contribution in [2.75, 3.05) is 20.0 Å². The Balaban J connectivity index is 1.82. The SMILES string of the molecule is COc1cc(Br)c(CSCC(=O)NCc2cccs2)cc1OC. The summed E-state index contributed by atoms with van der Waals surface area (Å²) in [5, 5.41) is 4.93. The topological polar surface area (TPSA) is 47.6 Å². The van der Waals surface area contributed by atoms with Gasteiger partial charge in [-0.15, -0.1) is 23.1 Å². The first-order chi connectivity index (χ1) is 11.1. The lowest BCUT2D eigenvalue weighted by Crippen LogP contribution is -2.24. The van der Waals surface area contributed by atoms with Crippen LogP contribution in [0.1, 0.15) is 10.4 Å². The lowest BCUT2D eigenvalue weighted by molar-refractivity contribution is -0.118. The van der Waals surface area contributed by atoms with Gasteiger partial charge in [-0.1, -0.05) is 22.0 Å². The molecule has 1 heterocycles. The van der Waals surface area contributed by atoms with Crippen molar-refractivity contribution in [2.45, 2.75) is 12.3 Å². The Labute approximate surface area is 152 Å². The van der Waals surface area contributed by atoms with Gasteiger partial charge in [0, 0.05) is 15.1 Å². The summed E-state index contributed by atoms with van der Waals surface area (Å²) < 4.78 is 11.5. The van der Waals surface area contributed by atoms with E-state index < -0.39 is 0 Å². The van der Waals surface area contributed by atoms with Crippen molar-refractivity contribution in [1.82, 2.24) is 5.32 Å². The van der Waals surface area contributed by atoms with Crippen LogP contribution in [-0.2, 0) is 17.1 Å². The third-order valence-electron chi connectivity index (χ3n) is 3.08. The van der Waals surface area contributed by atoms with Crippen molar-refractivity contribution in [3.8, 4) is 11.5 Å². The molecule has 0 unspecified atom stereocenters. The summed E-state index contributed by atoms with van der Waals surface area (Å²) in [6.45, 7) is 0.594. The van der Waals surface area contributed by atoms with Crippen molar-refractivity contribution in [2.24, 2.45) is 0 Å². The number of rotatable bonds is 8. The number of amides is 1. The third-order valence-corrected chi connectivity index (χ3v) is 5.68. The molecule has 0 atom stereocenters. The van der Waals surface area contributed by atoms with Gasteiger partial charge in [0.1, 0.15) is 0 Å². The number of hydrogen-bond acceptors (Lipinski definition) is 5. The first-order valence-corrected chi connectivity index (χ1v) is 9.74. The zero-order chi connectivity index (χ0) is 16.7. The molecule has 1 aromatic heterocycles. The summed E-state index contributed by atoms with van der Waals surface area (Å²) in [6.07, 6.45) is 0. The summed E-state index contributed by atoms with van der Waals surface area (Å²) in [5.74, 6) is 2.55. The quantitative estimate of drug-likeness (QED) is 0.705. The van der Waals surface area contributed by atoms with Gasteiger partial charge in [0.15, 0.2) is 11.5 Å². The molecule has 0 aliphatic carbocycles. The highest BCUT2D eigenvalue weighted by Crippen LogP contribution is 2.34. The zero-order valence-electron chi connectivity index (χ0n) is 12.9. The molecule has 0 radical (unpaired) electrons. The summed E-state index contributed by atoms with van der Waals surface area (Å²) >= 11 is 6.73. The molecule has 0 aliphatic rings. The molecule has 0 bridgehead atoms. The Bertz CT molecular complexity index is 647. The number of carbonyl (C=O) groups excluding carboxylic acids is 1. The fraction of sp³-hybridized carbons (Fsp3) is 0.312. The monoisotopic (exact) mass is 415 g/mol. The second-order valence-electron chi connectivity index (χ2n) is 4.65. The van der Waals surface area contributed by atoms with Crippen molar-refractivity contribution >= 4 is 44.9 Å². The van der Waals surface area contributed by atoms with E-state index in [0.29, 0.717) is 29.5 Å². The number of hydrogen-bond donors (Lipinski definition) is 1. The average Bonchev–Trinajstić information content (AvgIpc) is 3.07. The number of thioether (sulfide) groups is 1. The van der Waals surface area contributed by atoms with Crippen LogP contribution in [0.2, 0.25) is 0 Å². The van der Waals surface area contributed by atoms with Gasteiger partial charge in [-0.25, -0.2) is 0 Å². The molecule has 2 rings (SSSR count). The number of ether oxygens (including phenoxy) is 2. The van der Waals surface area contributed by atoms with Crippen LogP contribution in [0.3, 0.4) is 0 Å². The van der Waals surface area contributed by atoms with Crippen molar-refractivity contribution in [3.05, 3.63) is 44.6 Å². The van der Waals surface area contributed by atoms with Crippen LogP contribution in [0.15, 0.2) is 34.1 Å². The fourth-order valence-corrected chi connectivity index (χ4v) is 4.05. The van der Waals surface area contributed by atoms with Crippen LogP contribution >= 0.6 is 39.0 Å². The Hall–Kier alpha value is -1.18. The predicted molar refractivity (Wildman–Crippen MR) is 99.6 cm³/mol. The van der Waals surface area contributed by atoms with E-state index in [0.717, 1.165) is 14.9 Å². The smallest absolute Gasteiger partial charge is 0.230 e. The third kappa shape index (κ3) is 5.44. The van der Waals surface area contributed by atoms with E-state index in [4.69, 9.17) is 9.47 Å². The van der Waals surface area contributed by atoms with E-state index in [-0.39, 0.29) is 5.91 Å². The average molecular weight is 416 g/mol. The second-order valence-corrected chi connectivity index (χ2v) is 7.52. The van der Waals surface area contributed by atoms with Crippen LogP contribution in [0.5, 0.6) is 11.5 Å². The number of nitrogens with one attached hydrogen (secondary N) is 1. The van der Waals surface area contributed by atoms with Gasteiger partial charge in [-0.2, -0.15) is 0 Å². The van der Waals surface area contributed by atoms with E-state index in [1.807, 2.05) is 29.6 Å². The Morgan fingerprint density at radius 2 is 2.04 bits per heavy atom. The van der Waals surface area contributed by atoms with Gasteiger partial charge in [-0.05, 0) is 29.1 Å². The van der Waals surface area contributed by atoms with Gasteiger partial charge in [0.2, 0.25) is 5.91 Å². The Kier molecular flexibility index (Phi) is 7.26.